The Kier molecular flexibility index (Phi) is 12.0. The van der Waals surface area contributed by atoms with Crippen molar-refractivity contribution in [1.82, 2.24) is 40.4 Å². The van der Waals surface area contributed by atoms with Crippen molar-refractivity contribution in [3.63, 3.8) is 0 Å². The van der Waals surface area contributed by atoms with Gasteiger partial charge < -0.3 is 44.6 Å². The third kappa shape index (κ3) is 8.39. The summed E-state index contributed by atoms with van der Waals surface area (Å²) in [6.45, 7) is 2.28. The third-order valence-electron chi connectivity index (χ3n) is 13.8. The molecule has 66 heavy (non-hydrogen) atoms. The summed E-state index contributed by atoms with van der Waals surface area (Å²) >= 11 is 0. The molecule has 3 aliphatic heterocycles. The number of nitrogens with zero attached hydrogens (tertiary/aromatic N) is 4. The highest BCUT2D eigenvalue weighted by Crippen LogP contribution is 2.40. The molecule has 340 valence electrons. The fourth-order valence-corrected chi connectivity index (χ4v) is 10.4. The largest absolute Gasteiger partial charge is 0.453 e. The van der Waals surface area contributed by atoms with E-state index in [9.17, 15) is 19.2 Å². The lowest BCUT2D eigenvalue weighted by atomic mass is 9.89. The number of nitrogens with one attached hydrogen (secondary N) is 4. The van der Waals surface area contributed by atoms with Gasteiger partial charge in [0.2, 0.25) is 5.91 Å². The van der Waals surface area contributed by atoms with Crippen LogP contribution < -0.4 is 10.6 Å². The van der Waals surface area contributed by atoms with E-state index < -0.39 is 24.3 Å². The van der Waals surface area contributed by atoms with Crippen molar-refractivity contribution in [2.75, 3.05) is 40.5 Å². The number of likely N-dealkylation sites (tertiary alicyclic amines) is 2. The summed E-state index contributed by atoms with van der Waals surface area (Å²) in [6.07, 6.45) is 4.99. The van der Waals surface area contributed by atoms with Gasteiger partial charge in [0.25, 0.3) is 5.91 Å². The van der Waals surface area contributed by atoms with Gasteiger partial charge in [-0.1, -0.05) is 78.9 Å². The van der Waals surface area contributed by atoms with Crippen LogP contribution in [0.2, 0.25) is 0 Å². The van der Waals surface area contributed by atoms with Gasteiger partial charge in [-0.05, 0) is 103 Å². The van der Waals surface area contributed by atoms with Crippen molar-refractivity contribution >= 4 is 35.0 Å². The molecule has 3 saturated heterocycles. The van der Waals surface area contributed by atoms with Crippen LogP contribution in [-0.4, -0.2) is 100 Å². The topological polar surface area (TPSA) is 184 Å². The molecule has 3 fully saturated rings. The van der Waals surface area contributed by atoms with E-state index in [1.165, 1.54) is 19.8 Å². The molecular formula is C51H54N8O7. The Morgan fingerprint density at radius 1 is 0.682 bits per heavy atom. The number of fused-ring (bicyclic) bond motifs is 4. The molecular weight excluding hydrogens is 837 g/mol. The first-order valence-electron chi connectivity index (χ1n) is 23.0. The number of methoxy groups -OCH3 is 2. The van der Waals surface area contributed by atoms with Gasteiger partial charge in [0, 0.05) is 31.9 Å². The van der Waals surface area contributed by atoms with Crippen LogP contribution in [0.3, 0.4) is 0 Å². The highest BCUT2D eigenvalue weighted by atomic mass is 16.5. The van der Waals surface area contributed by atoms with Crippen molar-refractivity contribution in [3.05, 3.63) is 119 Å². The molecule has 4 atom stereocenters. The first-order chi connectivity index (χ1) is 32.3. The fourth-order valence-electron chi connectivity index (χ4n) is 10.4. The van der Waals surface area contributed by atoms with Crippen molar-refractivity contribution in [1.29, 1.82) is 0 Å². The van der Waals surface area contributed by atoms with Crippen LogP contribution in [0, 0.1) is 5.92 Å². The van der Waals surface area contributed by atoms with E-state index in [1.807, 2.05) is 46.2 Å². The van der Waals surface area contributed by atoms with E-state index in [0.717, 1.165) is 100 Å². The predicted octanol–water partition coefficient (Wildman–Crippen LogP) is 7.96. The Balaban J connectivity index is 0.836. The summed E-state index contributed by atoms with van der Waals surface area (Å²) in [4.78, 5) is 73.7. The highest BCUT2D eigenvalue weighted by molar-refractivity contribution is 5.88. The molecule has 4 N–H and O–H groups in total. The molecule has 0 radical (unpaired) electrons. The summed E-state index contributed by atoms with van der Waals surface area (Å²) in [7, 11) is 2.61. The molecule has 0 unspecified atom stereocenters. The summed E-state index contributed by atoms with van der Waals surface area (Å²) in [5.41, 5.74) is 11.2. The molecule has 1 aliphatic carbocycles. The van der Waals surface area contributed by atoms with Gasteiger partial charge in [0.05, 0.1) is 48.7 Å². The summed E-state index contributed by atoms with van der Waals surface area (Å²) in [6, 6.07) is 28.7. The number of amides is 4. The molecule has 4 amide bonds. The molecule has 4 aliphatic rings. The second kappa shape index (κ2) is 18.5. The van der Waals surface area contributed by atoms with Crippen molar-refractivity contribution < 1.29 is 33.4 Å². The molecule has 5 heterocycles. The lowest BCUT2D eigenvalue weighted by Crippen LogP contribution is -2.53. The molecule has 0 saturated carbocycles. The monoisotopic (exact) mass is 890 g/mol. The number of alkyl carbamates (subject to hydrolysis) is 2. The maximum atomic E-state index is 14.1. The van der Waals surface area contributed by atoms with Gasteiger partial charge in [0.1, 0.15) is 23.7 Å². The van der Waals surface area contributed by atoms with Crippen LogP contribution in [0.15, 0.2) is 91.0 Å². The Morgan fingerprint density at radius 3 is 2.00 bits per heavy atom. The number of rotatable bonds is 10. The zero-order chi connectivity index (χ0) is 45.3. The predicted molar refractivity (Wildman–Crippen MR) is 247 cm³/mol. The Bertz CT molecular complexity index is 2760. The average Bonchev–Trinajstić information content (AvgIpc) is 4.21. The zero-order valence-electron chi connectivity index (χ0n) is 37.2. The van der Waals surface area contributed by atoms with Crippen LogP contribution in [-0.2, 0) is 36.6 Å². The molecule has 15 nitrogen and oxygen atoms in total. The van der Waals surface area contributed by atoms with E-state index in [0.29, 0.717) is 44.7 Å². The first-order valence-corrected chi connectivity index (χ1v) is 23.0. The van der Waals surface area contributed by atoms with Crippen LogP contribution in [0.1, 0.15) is 85.1 Å². The summed E-state index contributed by atoms with van der Waals surface area (Å²) < 4.78 is 15.3. The minimum atomic E-state index is -0.875. The van der Waals surface area contributed by atoms with Crippen molar-refractivity contribution in [2.45, 2.75) is 75.5 Å². The van der Waals surface area contributed by atoms with Gasteiger partial charge in [-0.15, -0.1) is 0 Å². The zero-order valence-corrected chi connectivity index (χ0v) is 37.2. The molecule has 15 heteroatoms. The molecule has 0 bridgehead atoms. The van der Waals surface area contributed by atoms with Gasteiger partial charge in [-0.3, -0.25) is 9.59 Å². The van der Waals surface area contributed by atoms with Crippen LogP contribution in [0.4, 0.5) is 9.59 Å². The normalized spacial score (nSPS) is 19.2. The number of benzene rings is 4. The SMILES string of the molecule is COC(=O)N[C@H](C(=O)N1CCC[C@H]1c1nc2ccc(-c3ccc(-c4ccc5c(c4)CCc4nc([C@@H]6CCCN6C(=O)[C@H](NC(=O)OC)c6ccccc6)[nH]c4-5)cc3)cc2[nH]1)C1CCOCC1. The molecule has 6 aromatic rings. The fraction of sp³-hybridized carbons (Fsp3) is 0.373. The number of hydrogen-bond acceptors (Lipinski definition) is 9. The number of ether oxygens (including phenoxy) is 3. The van der Waals surface area contributed by atoms with Crippen LogP contribution >= 0.6 is 0 Å². The van der Waals surface area contributed by atoms with E-state index in [2.05, 4.69) is 75.2 Å². The van der Waals surface area contributed by atoms with Gasteiger partial charge >= 0.3 is 12.2 Å². The smallest absolute Gasteiger partial charge is 0.407 e. The lowest BCUT2D eigenvalue weighted by molar-refractivity contribution is -0.137. The number of H-pyrrole nitrogens is 2. The maximum absolute atomic E-state index is 14.1. The van der Waals surface area contributed by atoms with Crippen LogP contribution in [0.5, 0.6) is 0 Å². The van der Waals surface area contributed by atoms with E-state index in [-0.39, 0.29) is 29.8 Å². The standard InChI is InChI=1S/C51H54N8O7/c1-64-50(62)56-43(32-8-4-3-5-9-32)48(60)59-25-7-11-42(59)47-53-39-21-18-36-28-34(16-19-37(36)45(39)55-47)30-12-14-31(15-13-30)35-17-20-38-40(29-35)54-46(52-38)41-10-6-24-58(41)49(61)44(57-51(63)65-2)33-22-26-66-27-23-33/h3-5,8-9,12-17,19-20,28-29,33,41-44H,6-7,10-11,18,21-27H2,1-2H3,(H,52,54)(H,53,55)(H,56,62)(H,57,63)/t41-,42-,43+,44-/m0/s1. The van der Waals surface area contributed by atoms with E-state index >= 15 is 0 Å². The number of hydrogen-bond donors (Lipinski definition) is 4. The van der Waals surface area contributed by atoms with Gasteiger partial charge in [-0.25, -0.2) is 19.6 Å². The van der Waals surface area contributed by atoms with Crippen molar-refractivity contribution in [3.8, 4) is 33.5 Å². The average molecular weight is 891 g/mol. The van der Waals surface area contributed by atoms with Crippen LogP contribution in [0.25, 0.3) is 44.5 Å². The number of imidazole rings is 2. The number of carbonyl (C=O) groups excluding carboxylic acids is 4. The first kappa shape index (κ1) is 42.9. The lowest BCUT2D eigenvalue weighted by Gasteiger charge is -2.34. The Hall–Kier alpha value is -7.00. The quantitative estimate of drug-likeness (QED) is 0.106. The maximum Gasteiger partial charge on any atom is 0.407 e. The third-order valence-corrected chi connectivity index (χ3v) is 13.8. The summed E-state index contributed by atoms with van der Waals surface area (Å²) in [5, 5.41) is 5.58. The van der Waals surface area contributed by atoms with E-state index in [1.54, 1.807) is 0 Å². The van der Waals surface area contributed by atoms with Gasteiger partial charge in [0.15, 0.2) is 0 Å². The minimum Gasteiger partial charge on any atom is -0.453 e. The number of aryl methyl sites for hydroxylation is 2. The van der Waals surface area contributed by atoms with Gasteiger partial charge in [-0.2, -0.15) is 0 Å². The summed E-state index contributed by atoms with van der Waals surface area (Å²) in [5.74, 6) is 1.19. The molecule has 0 spiro atoms. The Morgan fingerprint density at radius 2 is 1.30 bits per heavy atom. The second-order valence-electron chi connectivity index (χ2n) is 17.7. The number of aromatic amines is 2. The molecule has 2 aromatic heterocycles. The minimum absolute atomic E-state index is 0.0301. The molecule has 4 aromatic carbocycles. The molecule has 10 rings (SSSR count). The van der Waals surface area contributed by atoms with Crippen molar-refractivity contribution in [2.24, 2.45) is 5.92 Å². The Labute approximate surface area is 382 Å². The van der Waals surface area contributed by atoms with E-state index in [4.69, 9.17) is 24.2 Å². The highest BCUT2D eigenvalue weighted by Gasteiger charge is 2.41. The number of aromatic nitrogens is 4. The second-order valence-corrected chi connectivity index (χ2v) is 17.7. The number of carbonyl (C=O) groups is 4.